The number of hydrogen-bond donors (Lipinski definition) is 1. The van der Waals surface area contributed by atoms with Crippen LogP contribution in [0.2, 0.25) is 0 Å². The Balaban J connectivity index is 1.18. The first kappa shape index (κ1) is 23.6. The fraction of sp³-hybridized carbons (Fsp3) is 0.500. The van der Waals surface area contributed by atoms with E-state index in [-0.39, 0.29) is 17.8 Å². The number of primary amides is 1. The zero-order valence-corrected chi connectivity index (χ0v) is 18.7. The number of rotatable bonds is 7. The number of nitrogens with two attached hydrogens (primary N) is 1. The summed E-state index contributed by atoms with van der Waals surface area (Å²) in [5.74, 6) is -2.58. The highest BCUT2D eigenvalue weighted by Gasteiger charge is 2.26. The molecule has 4 nitrogen and oxygen atoms in total. The molecule has 0 unspecified atom stereocenters. The lowest BCUT2D eigenvalue weighted by molar-refractivity contribution is 0.0916. The van der Waals surface area contributed by atoms with Gasteiger partial charge in [0.05, 0.1) is 0 Å². The van der Waals surface area contributed by atoms with Gasteiger partial charge >= 0.3 is 0 Å². The highest BCUT2D eigenvalue weighted by molar-refractivity contribution is 5.92. The van der Waals surface area contributed by atoms with Crippen LogP contribution in [-0.2, 0) is 0 Å². The lowest BCUT2D eigenvalue weighted by Crippen LogP contribution is -2.39. The minimum absolute atomic E-state index is 0.188. The van der Waals surface area contributed by atoms with Gasteiger partial charge in [-0.25, -0.2) is 13.2 Å². The van der Waals surface area contributed by atoms with Crippen LogP contribution >= 0.6 is 0 Å². The van der Waals surface area contributed by atoms with Gasteiger partial charge < -0.3 is 15.4 Å². The van der Waals surface area contributed by atoms with Gasteiger partial charge in [-0.2, -0.15) is 0 Å². The quantitative estimate of drug-likeness (QED) is 0.562. The second kappa shape index (κ2) is 10.6. The molecule has 2 aliphatic rings. The predicted molar refractivity (Wildman–Crippen MR) is 121 cm³/mol. The van der Waals surface area contributed by atoms with Crippen molar-refractivity contribution in [2.24, 2.45) is 11.7 Å². The number of hydrogen-bond acceptors (Lipinski definition) is 3. The number of piperidine rings is 1. The molecule has 2 fully saturated rings. The highest BCUT2D eigenvalue weighted by atomic mass is 19.2. The van der Waals surface area contributed by atoms with Crippen molar-refractivity contribution in [3.8, 4) is 5.75 Å². The van der Waals surface area contributed by atoms with Crippen LogP contribution < -0.4 is 10.5 Å². The van der Waals surface area contributed by atoms with Crippen molar-refractivity contribution < 1.29 is 22.7 Å². The molecule has 0 bridgehead atoms. The zero-order valence-electron chi connectivity index (χ0n) is 18.7. The van der Waals surface area contributed by atoms with Crippen molar-refractivity contribution in [1.82, 2.24) is 4.90 Å². The van der Waals surface area contributed by atoms with Crippen LogP contribution in [0.3, 0.4) is 0 Å². The lowest BCUT2D eigenvalue weighted by atomic mass is 9.77. The molecule has 2 aromatic rings. The summed E-state index contributed by atoms with van der Waals surface area (Å²) in [6, 6.07) is 9.03. The van der Waals surface area contributed by atoms with Gasteiger partial charge in [0.15, 0.2) is 23.2 Å². The summed E-state index contributed by atoms with van der Waals surface area (Å²) in [5.41, 5.74) is 7.20. The van der Waals surface area contributed by atoms with E-state index in [0.29, 0.717) is 23.5 Å². The maximum atomic E-state index is 13.8. The summed E-state index contributed by atoms with van der Waals surface area (Å²) >= 11 is 0. The van der Waals surface area contributed by atoms with Crippen LogP contribution in [0.1, 0.15) is 66.8 Å². The molecule has 0 aromatic heterocycles. The van der Waals surface area contributed by atoms with Gasteiger partial charge in [0.2, 0.25) is 5.91 Å². The Hall–Kier alpha value is -2.54. The van der Waals surface area contributed by atoms with Crippen molar-refractivity contribution in [1.29, 1.82) is 0 Å². The average molecular weight is 461 g/mol. The third kappa shape index (κ3) is 6.08. The number of carbonyl (C=O) groups is 1. The Morgan fingerprint density at radius 2 is 1.64 bits per heavy atom. The standard InChI is InChI=1S/C26H31F3N2O2/c27-22-15-24(29)25(16-23(22)28)33-21-9-12-31(13-10-21)11-8-17-4-6-18(7-5-17)19-2-1-3-20(14-19)26(30)32/h1-3,14-18,21H,4-13H2,(H2,30,32). The summed E-state index contributed by atoms with van der Waals surface area (Å²) in [6.07, 6.45) is 7.05. The zero-order chi connectivity index (χ0) is 23.4. The summed E-state index contributed by atoms with van der Waals surface area (Å²) in [7, 11) is 0. The molecule has 1 aliphatic heterocycles. The molecule has 7 heteroatoms. The molecule has 1 heterocycles. The van der Waals surface area contributed by atoms with Crippen molar-refractivity contribution in [2.45, 2.75) is 57.0 Å². The number of ether oxygens (including phenoxy) is 1. The Morgan fingerprint density at radius 3 is 2.33 bits per heavy atom. The topological polar surface area (TPSA) is 55.6 Å². The van der Waals surface area contributed by atoms with E-state index >= 15 is 0 Å². The van der Waals surface area contributed by atoms with E-state index in [4.69, 9.17) is 10.5 Å². The minimum atomic E-state index is -1.21. The molecule has 1 amide bonds. The van der Waals surface area contributed by atoms with E-state index in [1.54, 1.807) is 6.07 Å². The monoisotopic (exact) mass is 460 g/mol. The van der Waals surface area contributed by atoms with Gasteiger partial charge in [-0.15, -0.1) is 0 Å². The second-order valence-corrected chi connectivity index (χ2v) is 9.35. The summed E-state index contributed by atoms with van der Waals surface area (Å²) in [4.78, 5) is 13.8. The minimum Gasteiger partial charge on any atom is -0.487 e. The molecule has 33 heavy (non-hydrogen) atoms. The summed E-state index contributed by atoms with van der Waals surface area (Å²) < 4.78 is 45.9. The molecule has 1 aliphatic carbocycles. The fourth-order valence-corrected chi connectivity index (χ4v) is 5.12. The smallest absolute Gasteiger partial charge is 0.248 e. The van der Waals surface area contributed by atoms with Gasteiger partial charge in [-0.1, -0.05) is 12.1 Å². The van der Waals surface area contributed by atoms with Crippen LogP contribution in [0.25, 0.3) is 0 Å². The average Bonchev–Trinajstić information content (AvgIpc) is 2.82. The van der Waals surface area contributed by atoms with Gasteiger partial charge in [0.1, 0.15) is 6.10 Å². The van der Waals surface area contributed by atoms with E-state index in [1.165, 1.54) is 18.4 Å². The number of likely N-dealkylation sites (tertiary alicyclic amines) is 1. The van der Waals surface area contributed by atoms with E-state index in [0.717, 1.165) is 57.8 Å². The van der Waals surface area contributed by atoms with Gasteiger partial charge in [-0.3, -0.25) is 4.79 Å². The number of benzene rings is 2. The van der Waals surface area contributed by atoms with Crippen molar-refractivity contribution >= 4 is 5.91 Å². The normalized spacial score (nSPS) is 22.3. The van der Waals surface area contributed by atoms with Crippen molar-refractivity contribution in [2.75, 3.05) is 19.6 Å². The third-order valence-electron chi connectivity index (χ3n) is 7.15. The van der Waals surface area contributed by atoms with Crippen molar-refractivity contribution in [3.05, 3.63) is 65.0 Å². The largest absolute Gasteiger partial charge is 0.487 e. The molecule has 1 saturated heterocycles. The maximum absolute atomic E-state index is 13.8. The number of carbonyl (C=O) groups excluding carboxylic acids is 1. The fourth-order valence-electron chi connectivity index (χ4n) is 5.12. The van der Waals surface area contributed by atoms with Gasteiger partial charge in [-0.05, 0) is 81.0 Å². The lowest BCUT2D eigenvalue weighted by Gasteiger charge is -2.34. The van der Waals surface area contributed by atoms with E-state index < -0.39 is 17.5 Å². The number of amides is 1. The summed E-state index contributed by atoms with van der Waals surface area (Å²) in [6.45, 7) is 2.73. The van der Waals surface area contributed by atoms with Crippen LogP contribution in [0, 0.1) is 23.4 Å². The predicted octanol–water partition coefficient (Wildman–Crippen LogP) is 5.41. The van der Waals surface area contributed by atoms with Crippen LogP contribution in [0.4, 0.5) is 13.2 Å². The number of nitrogens with zero attached hydrogens (tertiary/aromatic N) is 1. The molecule has 0 radical (unpaired) electrons. The first-order valence-electron chi connectivity index (χ1n) is 11.8. The molecular formula is C26H31F3N2O2. The van der Waals surface area contributed by atoms with Crippen molar-refractivity contribution in [3.63, 3.8) is 0 Å². The van der Waals surface area contributed by atoms with Gasteiger partial charge in [0, 0.05) is 30.8 Å². The Morgan fingerprint density at radius 1 is 0.939 bits per heavy atom. The molecule has 178 valence electrons. The highest BCUT2D eigenvalue weighted by Crippen LogP contribution is 2.37. The van der Waals surface area contributed by atoms with Gasteiger partial charge in [0.25, 0.3) is 0 Å². The molecule has 0 spiro atoms. The van der Waals surface area contributed by atoms with E-state index in [1.807, 2.05) is 12.1 Å². The second-order valence-electron chi connectivity index (χ2n) is 9.35. The van der Waals surface area contributed by atoms with E-state index in [9.17, 15) is 18.0 Å². The molecular weight excluding hydrogens is 429 g/mol. The van der Waals surface area contributed by atoms with E-state index in [2.05, 4.69) is 11.0 Å². The Bertz CT molecular complexity index is 968. The SMILES string of the molecule is NC(=O)c1cccc(C2CCC(CCN3CCC(Oc4cc(F)c(F)cc4F)CC3)CC2)c1. The molecule has 0 atom stereocenters. The first-order chi connectivity index (χ1) is 15.9. The molecule has 2 aromatic carbocycles. The maximum Gasteiger partial charge on any atom is 0.248 e. The Labute approximate surface area is 192 Å². The van der Waals surface area contributed by atoms with Crippen LogP contribution in [0.5, 0.6) is 5.75 Å². The Kier molecular flexibility index (Phi) is 7.58. The van der Waals surface area contributed by atoms with Crippen LogP contribution in [-0.4, -0.2) is 36.5 Å². The molecule has 1 saturated carbocycles. The summed E-state index contributed by atoms with van der Waals surface area (Å²) in [5, 5.41) is 0. The molecule has 4 rings (SSSR count). The third-order valence-corrected chi connectivity index (χ3v) is 7.15. The van der Waals surface area contributed by atoms with Crippen LogP contribution in [0.15, 0.2) is 36.4 Å². The first-order valence-corrected chi connectivity index (χ1v) is 11.8. The number of halogens is 3. The molecule has 2 N–H and O–H groups in total.